The van der Waals surface area contributed by atoms with Crippen molar-refractivity contribution in [3.8, 4) is 0 Å². The Kier molecular flexibility index (Phi) is 70.0. The van der Waals surface area contributed by atoms with Crippen LogP contribution in [0.25, 0.3) is 0 Å². The quantitative estimate of drug-likeness (QED) is 0.0928. The van der Waals surface area contributed by atoms with E-state index in [2.05, 4.69) is 125 Å². The molecular formula is C60H137N5O3. The second-order valence-electron chi connectivity index (χ2n) is 22.4. The molecule has 0 spiro atoms. The zero-order valence-electron chi connectivity index (χ0n) is 47.0. The number of rotatable bonds is 18. The number of nitrogens with zero attached hydrogens (tertiary/aromatic N) is 1. The smallest absolute Gasteiger partial charge is 0.222 e. The normalized spacial score (nSPS) is 15.7. The molecule has 4 rings (SSSR count). The Bertz CT molecular complexity index is 958. The maximum Gasteiger partial charge on any atom is 0.222 e. The number of ketones is 1. The molecule has 420 valence electrons. The lowest BCUT2D eigenvalue weighted by Crippen LogP contribution is -2.47. The van der Waals surface area contributed by atoms with Crippen LogP contribution in [0.3, 0.4) is 0 Å². The van der Waals surface area contributed by atoms with E-state index in [-0.39, 0.29) is 47.3 Å². The van der Waals surface area contributed by atoms with Crippen molar-refractivity contribution in [3.05, 3.63) is 0 Å². The summed E-state index contributed by atoms with van der Waals surface area (Å²) in [5.74, 6) is 7.23. The Morgan fingerprint density at radius 1 is 0.618 bits per heavy atom. The van der Waals surface area contributed by atoms with E-state index in [1.165, 1.54) is 116 Å². The number of carbonyl (C=O) groups excluding carboxylic acids is 2. The minimum atomic E-state index is 0. The molecule has 1 saturated heterocycles. The van der Waals surface area contributed by atoms with E-state index < -0.39 is 0 Å². The standard InChI is InChI=1S/C10H22N2.C9H19N.C8H15NO.C7H15NO.C7H14.C5H12O.2C5H12.4CH4/c1-9(2)8-10(3)12-6-4-11-5-7-12;1-8(2)6-7-10-9-4-3-5-9;1-6(2)8(10)9-7-4-3-5-7;1-6(2)5-7(9)3-4-8;1-6(2)7-4-3-5-7;1-5(2)3-4-6;2*1-4-5(2)3;;;;/h9-11H,4-8H2,1-3H3;8-10H,3-7H2,1-2H3;6-7H,3-5H2,1-2H3,(H,9,10);6H,3-5,8H2,1-2H3;6-7H,3-5H2,1-2H3;5-6H,3-4H2,1-2H3;2*5H,4H2,1-3H3;4*1H4. The Hall–Kier alpha value is -1.06. The van der Waals surface area contributed by atoms with E-state index in [0.717, 1.165) is 54.0 Å². The maximum absolute atomic E-state index is 11.0. The van der Waals surface area contributed by atoms with Crippen LogP contribution in [0.15, 0.2) is 0 Å². The molecule has 68 heavy (non-hydrogen) atoms. The van der Waals surface area contributed by atoms with Crippen molar-refractivity contribution in [1.82, 2.24) is 20.9 Å². The third-order valence-corrected chi connectivity index (χ3v) is 12.3. The van der Waals surface area contributed by atoms with Crippen LogP contribution in [0, 0.1) is 53.3 Å². The summed E-state index contributed by atoms with van der Waals surface area (Å²) in [4.78, 5) is 24.4. The van der Waals surface area contributed by atoms with Crippen LogP contribution >= 0.6 is 0 Å². The molecular weight excluding hydrogens is 839 g/mol. The summed E-state index contributed by atoms with van der Waals surface area (Å²) in [6.07, 6.45) is 19.8. The Morgan fingerprint density at radius 3 is 1.28 bits per heavy atom. The summed E-state index contributed by atoms with van der Waals surface area (Å²) in [7, 11) is 0. The largest absolute Gasteiger partial charge is 0.396 e. The summed E-state index contributed by atoms with van der Waals surface area (Å²) in [5.41, 5.74) is 5.18. The minimum absolute atomic E-state index is 0. The average Bonchev–Trinajstić information content (AvgIpc) is 3.14. The summed E-state index contributed by atoms with van der Waals surface area (Å²) < 4.78 is 0. The van der Waals surface area contributed by atoms with Crippen LogP contribution in [-0.4, -0.2) is 85.7 Å². The molecule has 3 aliphatic carbocycles. The van der Waals surface area contributed by atoms with Gasteiger partial charge in [0.25, 0.3) is 0 Å². The summed E-state index contributed by atoms with van der Waals surface area (Å²) in [6.45, 7) is 48.4. The number of Topliss-reactive ketones (excluding diaryl/α,β-unsaturated/α-hetero) is 1. The van der Waals surface area contributed by atoms with Crippen LogP contribution in [0.2, 0.25) is 0 Å². The highest BCUT2D eigenvalue weighted by Crippen LogP contribution is 2.32. The third kappa shape index (κ3) is 63.0. The third-order valence-electron chi connectivity index (χ3n) is 12.3. The molecule has 8 heteroatoms. The van der Waals surface area contributed by atoms with Crippen molar-refractivity contribution in [3.63, 3.8) is 0 Å². The zero-order chi connectivity index (χ0) is 50.0. The number of amides is 1. The van der Waals surface area contributed by atoms with Crippen molar-refractivity contribution in [2.75, 3.05) is 45.9 Å². The van der Waals surface area contributed by atoms with Gasteiger partial charge >= 0.3 is 0 Å². The van der Waals surface area contributed by atoms with Crippen LogP contribution < -0.4 is 21.7 Å². The molecule has 1 heterocycles. The first-order valence-electron chi connectivity index (χ1n) is 27.3. The summed E-state index contributed by atoms with van der Waals surface area (Å²) in [5, 5.41) is 18.1. The zero-order valence-corrected chi connectivity index (χ0v) is 47.0. The number of hydrogen-bond donors (Lipinski definition) is 5. The molecule has 0 bridgehead atoms. The Balaban J connectivity index is -0.000000102. The van der Waals surface area contributed by atoms with E-state index >= 15 is 0 Å². The number of carbonyl (C=O) groups is 2. The van der Waals surface area contributed by atoms with Crippen LogP contribution in [-0.2, 0) is 9.59 Å². The van der Waals surface area contributed by atoms with Crippen molar-refractivity contribution < 1.29 is 14.7 Å². The van der Waals surface area contributed by atoms with E-state index in [9.17, 15) is 9.59 Å². The second kappa shape index (κ2) is 56.8. The molecule has 0 aromatic heterocycles. The number of aliphatic hydroxyl groups is 1. The molecule has 0 aromatic carbocycles. The number of piperazine rings is 1. The molecule has 0 aromatic rings. The Morgan fingerprint density at radius 2 is 1.04 bits per heavy atom. The van der Waals surface area contributed by atoms with Gasteiger partial charge in [-0.05, 0) is 119 Å². The fourth-order valence-corrected chi connectivity index (χ4v) is 6.15. The van der Waals surface area contributed by atoms with Gasteiger partial charge in [0, 0.05) is 69.7 Å². The SMILES string of the molecule is C.C.C.C.CC(C)C(=O)NC1CCC1.CC(C)C1CCC1.CC(C)CC(=O)CCN.CC(C)CC(C)N1CCNCC1.CC(C)CCNC1CCC1.CC(C)CCO.CCC(C)C.CCC(C)C. The predicted octanol–water partition coefficient (Wildman–Crippen LogP) is 15.9. The lowest BCUT2D eigenvalue weighted by Gasteiger charge is -2.33. The van der Waals surface area contributed by atoms with E-state index in [0.29, 0.717) is 43.9 Å². The Labute approximate surface area is 432 Å². The first-order chi connectivity index (χ1) is 30.0. The first kappa shape index (κ1) is 83.8. The number of nitrogens with two attached hydrogens (primary N) is 1. The van der Waals surface area contributed by atoms with Gasteiger partial charge in [0.15, 0.2) is 0 Å². The van der Waals surface area contributed by atoms with E-state index in [1.54, 1.807) is 0 Å². The van der Waals surface area contributed by atoms with E-state index in [1.807, 2.05) is 27.7 Å². The topological polar surface area (TPSA) is 120 Å². The fourth-order valence-electron chi connectivity index (χ4n) is 6.15. The van der Waals surface area contributed by atoms with Gasteiger partial charge in [-0.25, -0.2) is 0 Å². The van der Waals surface area contributed by atoms with Crippen LogP contribution in [0.1, 0.15) is 264 Å². The predicted molar refractivity (Wildman–Crippen MR) is 313 cm³/mol. The highest BCUT2D eigenvalue weighted by Gasteiger charge is 2.21. The van der Waals surface area contributed by atoms with Gasteiger partial charge in [-0.1, -0.05) is 193 Å². The van der Waals surface area contributed by atoms with Gasteiger partial charge in [0.2, 0.25) is 5.91 Å². The van der Waals surface area contributed by atoms with Gasteiger partial charge in [-0.15, -0.1) is 0 Å². The van der Waals surface area contributed by atoms with E-state index in [4.69, 9.17) is 10.8 Å². The second-order valence-corrected chi connectivity index (χ2v) is 22.4. The number of nitrogens with one attached hydrogen (secondary N) is 3. The molecule has 1 atom stereocenters. The molecule has 3 saturated carbocycles. The van der Waals surface area contributed by atoms with Crippen molar-refractivity contribution in [1.29, 1.82) is 0 Å². The molecule has 0 radical (unpaired) electrons. The number of hydrogen-bond acceptors (Lipinski definition) is 7. The molecule has 1 unspecified atom stereocenters. The van der Waals surface area contributed by atoms with Gasteiger partial charge in [-0.2, -0.15) is 0 Å². The molecule has 4 aliphatic rings. The highest BCUT2D eigenvalue weighted by molar-refractivity contribution is 5.78. The lowest BCUT2D eigenvalue weighted by atomic mass is 9.78. The van der Waals surface area contributed by atoms with Gasteiger partial charge in [0.05, 0.1) is 0 Å². The fraction of sp³-hybridized carbons (Fsp3) is 0.967. The average molecular weight is 977 g/mol. The first-order valence-corrected chi connectivity index (χ1v) is 27.3. The summed E-state index contributed by atoms with van der Waals surface area (Å²) in [6, 6.07) is 2.14. The van der Waals surface area contributed by atoms with Crippen LogP contribution in [0.4, 0.5) is 0 Å². The highest BCUT2D eigenvalue weighted by atomic mass is 16.3. The van der Waals surface area contributed by atoms with Crippen molar-refractivity contribution in [2.45, 2.75) is 282 Å². The lowest BCUT2D eigenvalue weighted by molar-refractivity contribution is -0.125. The molecule has 4 fully saturated rings. The van der Waals surface area contributed by atoms with Crippen LogP contribution in [0.5, 0.6) is 0 Å². The van der Waals surface area contributed by atoms with Gasteiger partial charge < -0.3 is 26.8 Å². The summed E-state index contributed by atoms with van der Waals surface area (Å²) >= 11 is 0. The molecule has 1 amide bonds. The molecule has 1 aliphatic heterocycles. The minimum Gasteiger partial charge on any atom is -0.396 e. The van der Waals surface area contributed by atoms with Gasteiger partial charge in [-0.3, -0.25) is 14.5 Å². The number of aliphatic hydroxyl groups excluding tert-OH is 1. The molecule has 6 N–H and O–H groups in total. The molecule has 8 nitrogen and oxygen atoms in total. The maximum atomic E-state index is 11.0. The monoisotopic (exact) mass is 976 g/mol. The van der Waals surface area contributed by atoms with Crippen molar-refractivity contribution in [2.24, 2.45) is 59.0 Å². The van der Waals surface area contributed by atoms with Crippen molar-refractivity contribution >= 4 is 11.7 Å². The van der Waals surface area contributed by atoms with Gasteiger partial charge in [0.1, 0.15) is 5.78 Å².